The average Bonchev–Trinajstić information content (AvgIpc) is 3.12. The Hall–Kier alpha value is -1.50. The van der Waals surface area contributed by atoms with Crippen molar-refractivity contribution >= 4 is 0 Å². The van der Waals surface area contributed by atoms with Crippen molar-refractivity contribution in [3.05, 3.63) is 84.2 Å². The summed E-state index contributed by atoms with van der Waals surface area (Å²) in [6.45, 7) is 0. The van der Waals surface area contributed by atoms with Gasteiger partial charge in [-0.2, -0.15) is 35.9 Å². The minimum absolute atomic E-state index is 0. The second-order valence-corrected chi connectivity index (χ2v) is 3.95. The Kier molecular flexibility index (Phi) is 6.93. The third kappa shape index (κ3) is 5.22. The zero-order valence-corrected chi connectivity index (χ0v) is 11.3. The van der Waals surface area contributed by atoms with Crippen molar-refractivity contribution in [3.8, 4) is 0 Å². The van der Waals surface area contributed by atoms with Crippen molar-refractivity contribution in [2.75, 3.05) is 0 Å². The van der Waals surface area contributed by atoms with Crippen molar-refractivity contribution in [3.63, 3.8) is 0 Å². The normalized spacial score (nSPS) is 9.11. The van der Waals surface area contributed by atoms with Crippen LogP contribution in [0.4, 0.5) is 0 Å². The van der Waals surface area contributed by atoms with Gasteiger partial charge in [0.15, 0.2) is 0 Å². The molecular formula is C16H17FeN. The number of aromatic amines is 1. The fraction of sp³-hybridized carbons (Fsp3) is 0.125. The van der Waals surface area contributed by atoms with Crippen LogP contribution >= 0.6 is 0 Å². The molecule has 0 radical (unpaired) electrons. The Morgan fingerprint density at radius 1 is 1.00 bits per heavy atom. The maximum Gasteiger partial charge on any atom is 2.00 e. The summed E-state index contributed by atoms with van der Waals surface area (Å²) >= 11 is 0. The Morgan fingerprint density at radius 3 is 2.22 bits per heavy atom. The van der Waals surface area contributed by atoms with Crippen LogP contribution in [0.15, 0.2) is 72.9 Å². The van der Waals surface area contributed by atoms with Crippen LogP contribution in [0.3, 0.4) is 0 Å². The molecule has 1 N–H and O–H groups in total. The minimum atomic E-state index is 0. The van der Waals surface area contributed by atoms with E-state index in [9.17, 15) is 0 Å². The molecular weight excluding hydrogens is 262 g/mol. The van der Waals surface area contributed by atoms with E-state index in [1.807, 2.05) is 42.6 Å². The molecule has 0 unspecified atom stereocenters. The number of hydrogen-bond acceptors (Lipinski definition) is 0. The number of hydrogen-bond donors (Lipinski definition) is 1. The van der Waals surface area contributed by atoms with Crippen molar-refractivity contribution in [2.45, 2.75) is 12.8 Å². The van der Waals surface area contributed by atoms with Crippen LogP contribution in [-0.4, -0.2) is 4.98 Å². The molecule has 0 saturated carbocycles. The van der Waals surface area contributed by atoms with Gasteiger partial charge in [-0.25, -0.2) is 24.3 Å². The minimum Gasteiger partial charge on any atom is -0.365 e. The molecule has 18 heavy (non-hydrogen) atoms. The van der Waals surface area contributed by atoms with Gasteiger partial charge >= 0.3 is 17.1 Å². The van der Waals surface area contributed by atoms with E-state index in [0.29, 0.717) is 0 Å². The summed E-state index contributed by atoms with van der Waals surface area (Å²) in [6, 6.07) is 22.7. The van der Waals surface area contributed by atoms with Crippen molar-refractivity contribution in [1.29, 1.82) is 0 Å². The number of aromatic nitrogens is 1. The molecule has 3 aromatic rings. The van der Waals surface area contributed by atoms with Gasteiger partial charge in [-0.1, -0.05) is 6.42 Å². The molecule has 0 spiro atoms. The van der Waals surface area contributed by atoms with E-state index in [1.54, 1.807) is 0 Å². The number of H-pyrrole nitrogens is 1. The van der Waals surface area contributed by atoms with Crippen LogP contribution in [-0.2, 0) is 29.9 Å². The van der Waals surface area contributed by atoms with Gasteiger partial charge in [-0.05, 0) is 18.6 Å². The van der Waals surface area contributed by atoms with E-state index < -0.39 is 0 Å². The van der Waals surface area contributed by atoms with E-state index in [1.165, 1.54) is 11.3 Å². The van der Waals surface area contributed by atoms with Crippen LogP contribution in [0.1, 0.15) is 11.3 Å². The van der Waals surface area contributed by atoms with E-state index >= 15 is 0 Å². The van der Waals surface area contributed by atoms with Crippen molar-refractivity contribution < 1.29 is 17.1 Å². The second kappa shape index (κ2) is 8.57. The summed E-state index contributed by atoms with van der Waals surface area (Å²) in [4.78, 5) is 3.20. The average molecular weight is 279 g/mol. The van der Waals surface area contributed by atoms with Gasteiger partial charge < -0.3 is 4.98 Å². The predicted octanol–water partition coefficient (Wildman–Crippen LogP) is 3.92. The summed E-state index contributed by atoms with van der Waals surface area (Å²) in [5.41, 5.74) is 2.74. The topological polar surface area (TPSA) is 15.8 Å². The van der Waals surface area contributed by atoms with Crippen LogP contribution in [0.2, 0.25) is 0 Å². The summed E-state index contributed by atoms with van der Waals surface area (Å²) in [5.74, 6) is 0. The summed E-state index contributed by atoms with van der Waals surface area (Å²) < 4.78 is 0. The standard InChI is InChI=1S/C11H12N.C5H5.Fe/c1-2-5-10(4-1)7-8-11-6-3-9-12-11;1-2-4-5-3-1;/h1-6,9,12H,7-8H2;1-5H;/q2*-1;+2. The van der Waals surface area contributed by atoms with E-state index in [2.05, 4.69) is 35.3 Å². The van der Waals surface area contributed by atoms with Crippen LogP contribution < -0.4 is 0 Å². The van der Waals surface area contributed by atoms with Gasteiger partial charge in [0.1, 0.15) is 0 Å². The molecule has 0 bridgehead atoms. The van der Waals surface area contributed by atoms with Gasteiger partial charge in [0, 0.05) is 11.9 Å². The molecule has 1 nitrogen and oxygen atoms in total. The smallest absolute Gasteiger partial charge is 0.365 e. The third-order valence-corrected chi connectivity index (χ3v) is 2.63. The fourth-order valence-electron chi connectivity index (χ4n) is 1.70. The van der Waals surface area contributed by atoms with Gasteiger partial charge in [-0.15, -0.1) is 0 Å². The Bertz CT molecular complexity index is 412. The second-order valence-electron chi connectivity index (χ2n) is 3.95. The molecule has 3 rings (SSSR count). The molecule has 0 aliphatic heterocycles. The monoisotopic (exact) mass is 279 g/mol. The number of nitrogens with one attached hydrogen (secondary N) is 1. The fourth-order valence-corrected chi connectivity index (χ4v) is 1.70. The largest absolute Gasteiger partial charge is 2.00 e. The molecule has 0 aliphatic carbocycles. The SMILES string of the molecule is [Fe+2].c1c[nH]c(CC[c-]2cccc2)c1.c1cc[cH-]c1. The van der Waals surface area contributed by atoms with Crippen molar-refractivity contribution in [2.24, 2.45) is 0 Å². The quantitative estimate of drug-likeness (QED) is 0.552. The maximum atomic E-state index is 3.20. The molecule has 2 heteroatoms. The number of aryl methyl sites for hydroxylation is 2. The summed E-state index contributed by atoms with van der Waals surface area (Å²) in [7, 11) is 0. The molecule has 0 aliphatic rings. The third-order valence-electron chi connectivity index (χ3n) is 2.63. The molecule has 94 valence electrons. The Balaban J connectivity index is 0.000000230. The summed E-state index contributed by atoms with van der Waals surface area (Å²) in [5, 5.41) is 0. The zero-order valence-electron chi connectivity index (χ0n) is 10.2. The van der Waals surface area contributed by atoms with Crippen molar-refractivity contribution in [1.82, 2.24) is 4.98 Å². The number of rotatable bonds is 3. The first-order valence-electron chi connectivity index (χ1n) is 5.95. The van der Waals surface area contributed by atoms with Gasteiger partial charge in [0.05, 0.1) is 0 Å². The predicted molar refractivity (Wildman–Crippen MR) is 72.3 cm³/mol. The molecule has 2 aromatic carbocycles. The molecule has 0 saturated heterocycles. The van der Waals surface area contributed by atoms with Crippen LogP contribution in [0.25, 0.3) is 0 Å². The van der Waals surface area contributed by atoms with Gasteiger partial charge in [0.2, 0.25) is 0 Å². The van der Waals surface area contributed by atoms with Crippen LogP contribution in [0, 0.1) is 0 Å². The first-order valence-corrected chi connectivity index (χ1v) is 5.95. The zero-order chi connectivity index (χ0) is 11.8. The molecule has 1 aromatic heterocycles. The molecule has 1 heterocycles. The van der Waals surface area contributed by atoms with E-state index in [4.69, 9.17) is 0 Å². The van der Waals surface area contributed by atoms with E-state index in [-0.39, 0.29) is 17.1 Å². The van der Waals surface area contributed by atoms with Crippen LogP contribution in [0.5, 0.6) is 0 Å². The maximum absolute atomic E-state index is 3.20. The van der Waals surface area contributed by atoms with Gasteiger partial charge in [0.25, 0.3) is 0 Å². The Labute approximate surface area is 119 Å². The van der Waals surface area contributed by atoms with Gasteiger partial charge in [-0.3, -0.25) is 0 Å². The summed E-state index contributed by atoms with van der Waals surface area (Å²) in [6.07, 6.45) is 4.21. The molecule has 0 fully saturated rings. The Morgan fingerprint density at radius 2 is 1.72 bits per heavy atom. The van der Waals surface area contributed by atoms with E-state index in [0.717, 1.165) is 12.8 Å². The molecule has 0 amide bonds. The molecule has 0 atom stereocenters. The first kappa shape index (κ1) is 14.6. The first-order chi connectivity index (χ1) is 8.45.